The molecule has 0 saturated carbocycles. The van der Waals surface area contributed by atoms with Crippen LogP contribution in [0.2, 0.25) is 0 Å². The molecule has 0 spiro atoms. The fourth-order valence-corrected chi connectivity index (χ4v) is 2.44. The van der Waals surface area contributed by atoms with Gasteiger partial charge < -0.3 is 10.4 Å². The lowest BCUT2D eigenvalue weighted by Crippen LogP contribution is -2.09. The van der Waals surface area contributed by atoms with Crippen LogP contribution in [-0.4, -0.2) is 31.6 Å². The second-order valence-electron chi connectivity index (χ2n) is 5.46. The molecule has 0 bridgehead atoms. The summed E-state index contributed by atoms with van der Waals surface area (Å²) in [5, 5.41) is 25.5. The summed E-state index contributed by atoms with van der Waals surface area (Å²) in [6.45, 7) is 4.66. The quantitative estimate of drug-likeness (QED) is 0.758. The Labute approximate surface area is 134 Å². The first kappa shape index (κ1) is 15.0. The molecule has 0 aliphatic carbocycles. The van der Waals surface area contributed by atoms with E-state index in [0.29, 0.717) is 5.82 Å². The molecule has 0 aliphatic rings. The highest BCUT2D eigenvalue weighted by molar-refractivity contribution is 5.37. The summed E-state index contributed by atoms with van der Waals surface area (Å²) in [7, 11) is 0. The Morgan fingerprint density at radius 2 is 1.96 bits per heavy atom. The molecule has 0 amide bonds. The number of anilines is 1. The molecule has 0 radical (unpaired) electrons. The minimum absolute atomic E-state index is 0.288. The molecular weight excluding hydrogens is 290 g/mol. The van der Waals surface area contributed by atoms with E-state index in [1.165, 1.54) is 0 Å². The molecule has 2 heterocycles. The maximum atomic E-state index is 9.44. The van der Waals surface area contributed by atoms with Crippen molar-refractivity contribution in [2.45, 2.75) is 20.3 Å². The van der Waals surface area contributed by atoms with Gasteiger partial charge in [-0.3, -0.25) is 0 Å². The molecule has 0 fully saturated rings. The largest absolute Gasteiger partial charge is 0.508 e. The first-order chi connectivity index (χ1) is 11.1. The summed E-state index contributed by atoms with van der Waals surface area (Å²) >= 11 is 0. The van der Waals surface area contributed by atoms with Crippen LogP contribution in [0, 0.1) is 13.8 Å². The van der Waals surface area contributed by atoms with Crippen LogP contribution in [0.25, 0.3) is 5.82 Å². The number of hydrogen-bond acceptors (Lipinski definition) is 5. The summed E-state index contributed by atoms with van der Waals surface area (Å²) in [4.78, 5) is 0. The Morgan fingerprint density at radius 3 is 2.61 bits per heavy atom. The highest BCUT2D eigenvalue weighted by Crippen LogP contribution is 2.13. The van der Waals surface area contributed by atoms with E-state index >= 15 is 0 Å². The van der Waals surface area contributed by atoms with Gasteiger partial charge >= 0.3 is 0 Å². The number of aryl methyl sites for hydroxylation is 2. The lowest BCUT2D eigenvalue weighted by atomic mass is 10.1. The number of benzene rings is 1. The number of rotatable bonds is 5. The summed E-state index contributed by atoms with van der Waals surface area (Å²) in [6.07, 6.45) is 0.801. The Hall–Kier alpha value is -2.89. The van der Waals surface area contributed by atoms with E-state index in [-0.39, 0.29) is 5.75 Å². The third kappa shape index (κ3) is 3.66. The Bertz CT molecular complexity index is 795. The van der Waals surface area contributed by atoms with Gasteiger partial charge in [0.25, 0.3) is 0 Å². The average molecular weight is 309 g/mol. The minimum Gasteiger partial charge on any atom is -0.508 e. The van der Waals surface area contributed by atoms with Crippen molar-refractivity contribution in [3.63, 3.8) is 0 Å². The van der Waals surface area contributed by atoms with Gasteiger partial charge in [-0.1, -0.05) is 12.1 Å². The second kappa shape index (κ2) is 6.48. The number of nitrogens with zero attached hydrogens (tertiary/aromatic N) is 4. The molecule has 118 valence electrons. The molecule has 2 N–H and O–H groups in total. The summed E-state index contributed by atoms with van der Waals surface area (Å²) in [5.74, 6) is 1.71. The van der Waals surface area contributed by atoms with Crippen molar-refractivity contribution in [3.8, 4) is 11.6 Å². The van der Waals surface area contributed by atoms with Gasteiger partial charge in [-0.25, -0.2) is 4.68 Å². The van der Waals surface area contributed by atoms with E-state index < -0.39 is 0 Å². The second-order valence-corrected chi connectivity index (χ2v) is 5.46. The van der Waals surface area contributed by atoms with Crippen molar-refractivity contribution in [1.82, 2.24) is 20.0 Å². The van der Waals surface area contributed by atoms with Crippen LogP contribution >= 0.6 is 0 Å². The molecule has 3 aromatic rings. The molecular formula is C17H19N5O. The van der Waals surface area contributed by atoms with E-state index in [1.807, 2.05) is 44.2 Å². The Kier molecular flexibility index (Phi) is 4.23. The van der Waals surface area contributed by atoms with E-state index in [4.69, 9.17) is 0 Å². The van der Waals surface area contributed by atoms with Crippen LogP contribution in [0.15, 0.2) is 42.5 Å². The van der Waals surface area contributed by atoms with Crippen LogP contribution in [0.3, 0.4) is 0 Å². The Balaban J connectivity index is 1.60. The predicted molar refractivity (Wildman–Crippen MR) is 88.9 cm³/mol. The van der Waals surface area contributed by atoms with Gasteiger partial charge in [0.05, 0.1) is 5.69 Å². The fraction of sp³-hybridized carbons (Fsp3) is 0.235. The van der Waals surface area contributed by atoms with Gasteiger partial charge in [0, 0.05) is 12.2 Å². The molecule has 0 atom stereocenters. The van der Waals surface area contributed by atoms with Crippen molar-refractivity contribution >= 4 is 5.82 Å². The zero-order valence-electron chi connectivity index (χ0n) is 13.2. The van der Waals surface area contributed by atoms with Crippen molar-refractivity contribution in [2.75, 3.05) is 11.9 Å². The third-order valence-electron chi connectivity index (χ3n) is 3.51. The van der Waals surface area contributed by atoms with Crippen LogP contribution in [0.1, 0.15) is 17.0 Å². The van der Waals surface area contributed by atoms with E-state index in [9.17, 15) is 5.11 Å². The maximum absolute atomic E-state index is 9.44. The van der Waals surface area contributed by atoms with Crippen LogP contribution in [-0.2, 0) is 6.42 Å². The predicted octanol–water partition coefficient (Wildman–Crippen LogP) is 2.64. The molecule has 6 nitrogen and oxygen atoms in total. The number of nitrogens with one attached hydrogen (secondary N) is 1. The SMILES string of the molecule is Cc1cc(C)n(-c2ccc(NCCc3cccc(O)c3)nn2)n1. The molecule has 3 rings (SSSR count). The monoisotopic (exact) mass is 309 g/mol. The highest BCUT2D eigenvalue weighted by atomic mass is 16.3. The normalized spacial score (nSPS) is 10.7. The number of aromatic nitrogens is 4. The van der Waals surface area contributed by atoms with E-state index in [2.05, 4.69) is 20.6 Å². The Morgan fingerprint density at radius 1 is 1.09 bits per heavy atom. The van der Waals surface area contributed by atoms with E-state index in [0.717, 1.165) is 35.7 Å². The van der Waals surface area contributed by atoms with Gasteiger partial charge in [0.2, 0.25) is 0 Å². The zero-order valence-corrected chi connectivity index (χ0v) is 13.2. The molecule has 0 unspecified atom stereocenters. The van der Waals surface area contributed by atoms with E-state index in [1.54, 1.807) is 16.8 Å². The molecule has 6 heteroatoms. The van der Waals surface area contributed by atoms with Crippen molar-refractivity contribution in [2.24, 2.45) is 0 Å². The maximum Gasteiger partial charge on any atom is 0.176 e. The van der Waals surface area contributed by atoms with Crippen molar-refractivity contribution in [3.05, 3.63) is 59.4 Å². The van der Waals surface area contributed by atoms with Gasteiger partial charge in [0.1, 0.15) is 11.6 Å². The highest BCUT2D eigenvalue weighted by Gasteiger charge is 2.05. The molecule has 0 saturated heterocycles. The molecule has 2 aromatic heterocycles. The van der Waals surface area contributed by atoms with Crippen LogP contribution < -0.4 is 5.32 Å². The van der Waals surface area contributed by atoms with Gasteiger partial charge in [0.15, 0.2) is 5.82 Å². The first-order valence-corrected chi connectivity index (χ1v) is 7.51. The number of hydrogen-bond donors (Lipinski definition) is 2. The number of phenolic OH excluding ortho intramolecular Hbond substituents is 1. The van der Waals surface area contributed by atoms with Gasteiger partial charge in [-0.2, -0.15) is 5.10 Å². The summed E-state index contributed by atoms with van der Waals surface area (Å²) in [5.41, 5.74) is 3.06. The summed E-state index contributed by atoms with van der Waals surface area (Å²) in [6, 6.07) is 13.0. The lowest BCUT2D eigenvalue weighted by molar-refractivity contribution is 0.474. The minimum atomic E-state index is 0.288. The number of aromatic hydroxyl groups is 1. The standard InChI is InChI=1S/C17H19N5O/c1-12-10-13(2)22(21-12)17-7-6-16(19-20-17)18-9-8-14-4-3-5-15(23)11-14/h3-7,10-11,23H,8-9H2,1-2H3,(H,18,19). The van der Waals surface area contributed by atoms with Crippen LogP contribution in [0.4, 0.5) is 5.82 Å². The number of phenols is 1. The van der Waals surface area contributed by atoms with Crippen molar-refractivity contribution < 1.29 is 5.11 Å². The average Bonchev–Trinajstić information content (AvgIpc) is 2.87. The van der Waals surface area contributed by atoms with Gasteiger partial charge in [-0.15, -0.1) is 10.2 Å². The first-order valence-electron chi connectivity index (χ1n) is 7.51. The third-order valence-corrected chi connectivity index (χ3v) is 3.51. The summed E-state index contributed by atoms with van der Waals surface area (Å²) < 4.78 is 1.78. The molecule has 0 aliphatic heterocycles. The molecule has 23 heavy (non-hydrogen) atoms. The fourth-order valence-electron chi connectivity index (χ4n) is 2.44. The smallest absolute Gasteiger partial charge is 0.176 e. The topological polar surface area (TPSA) is 75.9 Å². The van der Waals surface area contributed by atoms with Crippen LogP contribution in [0.5, 0.6) is 5.75 Å². The van der Waals surface area contributed by atoms with Crippen molar-refractivity contribution in [1.29, 1.82) is 0 Å². The van der Waals surface area contributed by atoms with Gasteiger partial charge in [-0.05, 0) is 56.2 Å². The zero-order chi connectivity index (χ0) is 16.2. The molecule has 1 aromatic carbocycles. The lowest BCUT2D eigenvalue weighted by Gasteiger charge is -2.07.